The molecule has 1 aliphatic heterocycles. The van der Waals surface area contributed by atoms with Crippen LogP contribution in [0.3, 0.4) is 0 Å². The lowest BCUT2D eigenvalue weighted by atomic mass is 9.68. The number of phenols is 2. The zero-order valence-electron chi connectivity index (χ0n) is 36.0. The highest BCUT2D eigenvalue weighted by molar-refractivity contribution is 5.97. The number of allylic oxidation sites excluding steroid dienone is 2. The monoisotopic (exact) mass is 816 g/mol. The van der Waals surface area contributed by atoms with Crippen LogP contribution in [-0.2, 0) is 22.4 Å². The first-order chi connectivity index (χ1) is 28.5. The highest BCUT2D eigenvalue weighted by Gasteiger charge is 2.47. The van der Waals surface area contributed by atoms with Crippen molar-refractivity contribution in [3.63, 3.8) is 0 Å². The van der Waals surface area contributed by atoms with Crippen LogP contribution in [0.25, 0.3) is 0 Å². The molecule has 12 nitrogen and oxygen atoms in total. The van der Waals surface area contributed by atoms with E-state index < -0.39 is 17.1 Å². The third kappa shape index (κ3) is 12.6. The van der Waals surface area contributed by atoms with E-state index in [0.717, 1.165) is 81.8 Å². The number of aliphatic imine (C=N–C) groups is 1. The van der Waals surface area contributed by atoms with Gasteiger partial charge in [-0.1, -0.05) is 50.7 Å². The summed E-state index contributed by atoms with van der Waals surface area (Å²) in [5.41, 5.74) is 1.22. The number of nitrogens with zero attached hydrogens (tertiary/aromatic N) is 1. The normalized spacial score (nSPS) is 26.3. The van der Waals surface area contributed by atoms with Gasteiger partial charge in [-0.2, -0.15) is 0 Å². The average molecular weight is 816 g/mol. The van der Waals surface area contributed by atoms with E-state index >= 15 is 0 Å². The molecule has 0 aromatic heterocycles. The van der Waals surface area contributed by atoms with Gasteiger partial charge in [0.05, 0.1) is 25.6 Å². The molecule has 324 valence electrons. The average Bonchev–Trinajstić information content (AvgIpc) is 3.82. The van der Waals surface area contributed by atoms with Crippen molar-refractivity contribution in [3.8, 4) is 35.0 Å². The van der Waals surface area contributed by atoms with Crippen molar-refractivity contribution < 1.29 is 34.3 Å². The number of anilines is 1. The van der Waals surface area contributed by atoms with Crippen molar-refractivity contribution in [2.24, 2.45) is 28.2 Å². The Kier molecular flexibility index (Phi) is 17.4. The van der Waals surface area contributed by atoms with Gasteiger partial charge in [-0.3, -0.25) is 20.4 Å². The van der Waals surface area contributed by atoms with Crippen LogP contribution in [0.1, 0.15) is 102 Å². The molecule has 0 radical (unpaired) electrons. The van der Waals surface area contributed by atoms with E-state index in [1.807, 2.05) is 37.4 Å². The van der Waals surface area contributed by atoms with Gasteiger partial charge < -0.3 is 40.2 Å². The predicted octanol–water partition coefficient (Wildman–Crippen LogP) is 6.82. The molecular weight excluding hydrogens is 747 g/mol. The number of nitrogens with one attached hydrogen (secondary N) is 4. The number of unbranched alkanes of at least 4 members (excludes halogenated alkanes) is 2. The Morgan fingerprint density at radius 2 is 1.95 bits per heavy atom. The van der Waals surface area contributed by atoms with Crippen molar-refractivity contribution in [2.45, 2.75) is 115 Å². The van der Waals surface area contributed by atoms with E-state index in [4.69, 9.17) is 14.2 Å². The maximum Gasteiger partial charge on any atom is 0.207 e. The fraction of sp³-hybridized carbons (Fsp3) is 0.617. The van der Waals surface area contributed by atoms with E-state index in [2.05, 4.69) is 51.2 Å². The van der Waals surface area contributed by atoms with Crippen molar-refractivity contribution >= 4 is 17.4 Å². The number of benzene rings is 2. The first-order valence-corrected chi connectivity index (χ1v) is 21.8. The fourth-order valence-electron chi connectivity index (χ4n) is 9.35. The summed E-state index contributed by atoms with van der Waals surface area (Å²) >= 11 is 0. The number of ether oxygens (including phenoxy) is 3. The molecule has 12 heteroatoms. The molecule has 2 aromatic carbocycles. The molecule has 6 atom stereocenters. The number of carbonyl (C=O) groups is 1. The molecule has 7 N–H and O–H groups in total. The Hall–Kier alpha value is -4.28. The van der Waals surface area contributed by atoms with Crippen molar-refractivity contribution in [2.75, 3.05) is 52.9 Å². The van der Waals surface area contributed by atoms with Gasteiger partial charge in [0.25, 0.3) is 0 Å². The minimum atomic E-state index is -0.646. The lowest BCUT2D eigenvalue weighted by Gasteiger charge is -2.33. The van der Waals surface area contributed by atoms with Crippen LogP contribution < -0.4 is 30.7 Å². The molecule has 3 aliphatic rings. The summed E-state index contributed by atoms with van der Waals surface area (Å²) in [6, 6.07) is 12.4. The second-order valence-corrected chi connectivity index (χ2v) is 17.0. The van der Waals surface area contributed by atoms with Gasteiger partial charge in [-0.15, -0.1) is 0 Å². The number of ketones is 1. The zero-order valence-corrected chi connectivity index (χ0v) is 36.0. The number of methoxy groups -OCH3 is 1. The molecule has 2 aliphatic carbocycles. The Bertz CT molecular complexity index is 1800. The number of guanidine groups is 1. The second kappa shape index (κ2) is 22.4. The van der Waals surface area contributed by atoms with Crippen LogP contribution >= 0.6 is 0 Å². The quantitative estimate of drug-likeness (QED) is 0.0365. The molecule has 2 fully saturated rings. The molecule has 1 heterocycles. The number of hydrogen-bond donors (Lipinski definition) is 7. The second-order valence-electron chi connectivity index (χ2n) is 17.0. The molecule has 59 heavy (non-hydrogen) atoms. The third-order valence-electron chi connectivity index (χ3n) is 12.4. The van der Waals surface area contributed by atoms with Crippen LogP contribution in [0.15, 0.2) is 47.5 Å². The van der Waals surface area contributed by atoms with Gasteiger partial charge in [-0.25, -0.2) is 0 Å². The highest BCUT2D eigenvalue weighted by Crippen LogP contribution is 2.49. The molecular formula is C47H69N5O7. The lowest BCUT2D eigenvalue weighted by Crippen LogP contribution is -2.42. The highest BCUT2D eigenvalue weighted by atomic mass is 16.5. The number of carbonyl (C=O) groups excluding carboxylic acids is 1. The number of fused-ring (bicyclic) bond motifs is 3. The van der Waals surface area contributed by atoms with Crippen LogP contribution in [0, 0.1) is 35.1 Å². The summed E-state index contributed by atoms with van der Waals surface area (Å²) in [7, 11) is 5.14. The van der Waals surface area contributed by atoms with E-state index in [1.165, 1.54) is 7.11 Å². The van der Waals surface area contributed by atoms with Crippen molar-refractivity contribution in [3.05, 3.63) is 53.6 Å². The van der Waals surface area contributed by atoms with Crippen LogP contribution in [0.2, 0.25) is 0 Å². The predicted molar refractivity (Wildman–Crippen MR) is 234 cm³/mol. The smallest absolute Gasteiger partial charge is 0.207 e. The SMILES string of the molecule is CCCCC[C@H]1/C=C/C(=O)[C@]2(Cc3ccc(O)c(OC)c3)CCC[C@@H]2CC#CNC(=NC)Nc2cc(cc(O[C@]3(CNC)CC[C@H](CCOCNC[C@H](C)O)C3)c2O)C1. The summed E-state index contributed by atoms with van der Waals surface area (Å²) in [5, 5.41) is 44.5. The number of aromatic hydroxyl groups is 2. The van der Waals surface area contributed by atoms with Crippen molar-refractivity contribution in [1.82, 2.24) is 16.0 Å². The number of phenolic OH excluding ortho intramolecular Hbond substituents is 2. The minimum Gasteiger partial charge on any atom is -0.504 e. The number of rotatable bonds is 18. The summed E-state index contributed by atoms with van der Waals surface area (Å²) in [4.78, 5) is 19.1. The summed E-state index contributed by atoms with van der Waals surface area (Å²) in [5.74, 6) is 5.21. The number of likely N-dealkylation sites (N-methyl/N-ethyl adjacent to an activating group) is 1. The van der Waals surface area contributed by atoms with E-state index in [9.17, 15) is 20.1 Å². The minimum absolute atomic E-state index is 0.00655. The first-order valence-electron chi connectivity index (χ1n) is 21.8. The van der Waals surface area contributed by atoms with E-state index in [-0.39, 0.29) is 29.1 Å². The van der Waals surface area contributed by atoms with E-state index in [0.29, 0.717) is 74.8 Å². The zero-order chi connectivity index (χ0) is 42.3. The van der Waals surface area contributed by atoms with Gasteiger partial charge in [0.1, 0.15) is 5.60 Å². The van der Waals surface area contributed by atoms with Crippen molar-refractivity contribution in [1.29, 1.82) is 0 Å². The van der Waals surface area contributed by atoms with Crippen LogP contribution in [0.4, 0.5) is 5.69 Å². The molecule has 0 amide bonds. The molecule has 2 bridgehead atoms. The largest absolute Gasteiger partial charge is 0.504 e. The molecule has 0 saturated heterocycles. The Morgan fingerprint density at radius 1 is 1.10 bits per heavy atom. The van der Waals surface area contributed by atoms with Gasteiger partial charge in [0, 0.05) is 44.6 Å². The molecule has 0 spiro atoms. The topological polar surface area (TPSA) is 166 Å². The van der Waals surface area contributed by atoms with Gasteiger partial charge in [0.2, 0.25) is 5.96 Å². The molecule has 0 unspecified atom stereocenters. The fourth-order valence-corrected chi connectivity index (χ4v) is 9.35. The van der Waals surface area contributed by atoms with E-state index in [1.54, 1.807) is 20.0 Å². The Balaban J connectivity index is 1.46. The number of aliphatic hydroxyl groups is 1. The van der Waals surface area contributed by atoms with Gasteiger partial charge in [0.15, 0.2) is 28.8 Å². The maximum absolute atomic E-state index is 14.7. The van der Waals surface area contributed by atoms with Gasteiger partial charge in [-0.05, 0) is 131 Å². The number of hydrogen-bond acceptors (Lipinski definition) is 10. The summed E-state index contributed by atoms with van der Waals surface area (Å²) in [6.07, 6.45) is 15.5. The van der Waals surface area contributed by atoms with Crippen LogP contribution in [-0.4, -0.2) is 86.4 Å². The third-order valence-corrected chi connectivity index (χ3v) is 12.4. The lowest BCUT2D eigenvalue weighted by molar-refractivity contribution is -0.125. The number of aliphatic hydroxyl groups excluding tert-OH is 1. The molecule has 5 rings (SSSR count). The Morgan fingerprint density at radius 3 is 2.71 bits per heavy atom. The summed E-state index contributed by atoms with van der Waals surface area (Å²) in [6.45, 7) is 6.06. The molecule has 2 saturated carbocycles. The Labute approximate surface area is 352 Å². The van der Waals surface area contributed by atoms with Gasteiger partial charge >= 0.3 is 0 Å². The summed E-state index contributed by atoms with van der Waals surface area (Å²) < 4.78 is 18.2. The standard InChI is InChI=1S/C47H69N5O7/c1-6-7-8-11-34-15-17-43(55)47(29-36-14-16-40(54)41(26-36)57-5)20-9-12-38(47)13-10-22-51-45(49-4)52-39-25-37(24-34)27-42(44(39)56)59-46(31-48-3)21-18-35(28-46)19-23-58-32-50-30-33(2)53/h14-17,25-27,33-35,38,48,50,53-54,56H,6-9,11-13,18-21,23-24,28-32H2,1-5H3,(H2,49,51,52)/b17-15+/t33-,34-,35+,38+,46+,47-/m0/s1. The van der Waals surface area contributed by atoms with Crippen LogP contribution in [0.5, 0.6) is 23.0 Å². The molecule has 2 aromatic rings. The maximum atomic E-state index is 14.7. The first kappa shape index (κ1) is 45.8.